The number of rotatable bonds is 5. The quantitative estimate of drug-likeness (QED) is 0.800. The molecule has 0 bridgehead atoms. The van der Waals surface area contributed by atoms with Gasteiger partial charge in [-0.3, -0.25) is 0 Å². The van der Waals surface area contributed by atoms with Gasteiger partial charge in [0.25, 0.3) is 0 Å². The molecule has 2 heterocycles. The fourth-order valence-electron chi connectivity index (χ4n) is 1.25. The molecule has 4 nitrogen and oxygen atoms in total. The Labute approximate surface area is 98.4 Å². The summed E-state index contributed by atoms with van der Waals surface area (Å²) in [4.78, 5) is 0. The lowest BCUT2D eigenvalue weighted by molar-refractivity contribution is 0.456. The Bertz CT molecular complexity index is 425. The van der Waals surface area contributed by atoms with Crippen LogP contribution in [0.4, 0.5) is 0 Å². The molecule has 0 fully saturated rings. The van der Waals surface area contributed by atoms with Crippen molar-refractivity contribution < 1.29 is 8.83 Å². The van der Waals surface area contributed by atoms with Crippen LogP contribution >= 0.6 is 11.8 Å². The van der Waals surface area contributed by atoms with Gasteiger partial charge in [0.15, 0.2) is 0 Å². The highest BCUT2D eigenvalue weighted by Crippen LogP contribution is 2.30. The van der Waals surface area contributed by atoms with Crippen LogP contribution < -0.4 is 0 Å². The summed E-state index contributed by atoms with van der Waals surface area (Å²) in [6.45, 7) is 4.05. The minimum atomic E-state index is 0.192. The van der Waals surface area contributed by atoms with Crippen molar-refractivity contribution in [1.82, 2.24) is 10.2 Å². The molecular formula is C11H14N2O2S. The van der Waals surface area contributed by atoms with Gasteiger partial charge in [-0.1, -0.05) is 6.92 Å². The van der Waals surface area contributed by atoms with Crippen LogP contribution in [0, 0.1) is 0 Å². The number of hydrogen-bond donors (Lipinski definition) is 0. The van der Waals surface area contributed by atoms with E-state index in [2.05, 4.69) is 17.1 Å². The van der Waals surface area contributed by atoms with Crippen LogP contribution in [-0.2, 0) is 12.2 Å². The Hall–Kier alpha value is -1.23. The lowest BCUT2D eigenvalue weighted by Crippen LogP contribution is -1.89. The normalized spacial score (nSPS) is 12.9. The average Bonchev–Trinajstić information content (AvgIpc) is 2.96. The van der Waals surface area contributed by atoms with Gasteiger partial charge < -0.3 is 8.83 Å². The van der Waals surface area contributed by atoms with E-state index < -0.39 is 0 Å². The summed E-state index contributed by atoms with van der Waals surface area (Å²) in [5.74, 6) is 3.17. The number of furan rings is 1. The summed E-state index contributed by atoms with van der Waals surface area (Å²) < 4.78 is 10.7. The van der Waals surface area contributed by atoms with E-state index in [4.69, 9.17) is 8.83 Å². The van der Waals surface area contributed by atoms with Gasteiger partial charge in [0.2, 0.25) is 11.8 Å². The zero-order valence-corrected chi connectivity index (χ0v) is 10.2. The van der Waals surface area contributed by atoms with Crippen molar-refractivity contribution in [2.75, 3.05) is 0 Å². The van der Waals surface area contributed by atoms with Crippen LogP contribution in [0.25, 0.3) is 0 Å². The highest BCUT2D eigenvalue weighted by Gasteiger charge is 2.14. The van der Waals surface area contributed by atoms with Gasteiger partial charge in [-0.25, -0.2) is 0 Å². The molecule has 0 N–H and O–H groups in total. The standard InChI is InChI=1S/C11H14N2O2S/c1-3-10-12-13-11(15-10)8(2)16-7-9-5-4-6-14-9/h4-6,8H,3,7H2,1-2H3. The second kappa shape index (κ2) is 5.21. The monoisotopic (exact) mass is 238 g/mol. The van der Waals surface area contributed by atoms with E-state index in [-0.39, 0.29) is 5.25 Å². The highest BCUT2D eigenvalue weighted by molar-refractivity contribution is 7.98. The van der Waals surface area contributed by atoms with E-state index in [0.717, 1.165) is 17.9 Å². The van der Waals surface area contributed by atoms with E-state index >= 15 is 0 Å². The Morgan fingerprint density at radius 3 is 2.94 bits per heavy atom. The third-order valence-electron chi connectivity index (χ3n) is 2.19. The molecule has 2 aromatic heterocycles. The molecule has 0 saturated carbocycles. The molecule has 0 aliphatic carbocycles. The Kier molecular flexibility index (Phi) is 3.66. The number of aryl methyl sites for hydroxylation is 1. The second-order valence-corrected chi connectivity index (χ2v) is 4.75. The van der Waals surface area contributed by atoms with E-state index in [9.17, 15) is 0 Å². The van der Waals surface area contributed by atoms with Crippen LogP contribution in [0.15, 0.2) is 27.2 Å². The summed E-state index contributed by atoms with van der Waals surface area (Å²) in [6, 6.07) is 3.85. The molecule has 16 heavy (non-hydrogen) atoms. The number of thioether (sulfide) groups is 1. The van der Waals surface area contributed by atoms with Gasteiger partial charge in [0, 0.05) is 6.42 Å². The first-order valence-electron chi connectivity index (χ1n) is 5.26. The second-order valence-electron chi connectivity index (χ2n) is 3.42. The molecule has 0 aliphatic heterocycles. The molecule has 0 amide bonds. The SMILES string of the molecule is CCc1nnc(C(C)SCc2ccco2)o1. The van der Waals surface area contributed by atoms with Crippen LogP contribution in [0.2, 0.25) is 0 Å². The zero-order valence-electron chi connectivity index (χ0n) is 9.34. The molecule has 1 unspecified atom stereocenters. The lowest BCUT2D eigenvalue weighted by atomic mass is 10.5. The Morgan fingerprint density at radius 1 is 1.44 bits per heavy atom. The molecule has 86 valence electrons. The predicted octanol–water partition coefficient (Wildman–Crippen LogP) is 3.22. The van der Waals surface area contributed by atoms with Crippen molar-refractivity contribution >= 4 is 11.8 Å². The maximum Gasteiger partial charge on any atom is 0.229 e. The number of aromatic nitrogens is 2. The molecule has 0 radical (unpaired) electrons. The van der Waals surface area contributed by atoms with Gasteiger partial charge >= 0.3 is 0 Å². The molecule has 0 aliphatic rings. The van der Waals surface area contributed by atoms with E-state index in [0.29, 0.717) is 11.8 Å². The van der Waals surface area contributed by atoms with Crippen LogP contribution in [0.1, 0.15) is 36.6 Å². The molecule has 2 rings (SSSR count). The smallest absolute Gasteiger partial charge is 0.229 e. The fraction of sp³-hybridized carbons (Fsp3) is 0.455. The summed E-state index contributed by atoms with van der Waals surface area (Å²) in [7, 11) is 0. The van der Waals surface area contributed by atoms with Crippen molar-refractivity contribution in [3.63, 3.8) is 0 Å². The molecular weight excluding hydrogens is 224 g/mol. The van der Waals surface area contributed by atoms with Crippen molar-refractivity contribution in [3.05, 3.63) is 35.9 Å². The maximum absolute atomic E-state index is 5.49. The van der Waals surface area contributed by atoms with Gasteiger partial charge in [0.1, 0.15) is 5.76 Å². The average molecular weight is 238 g/mol. The van der Waals surface area contributed by atoms with Gasteiger partial charge in [-0.05, 0) is 19.1 Å². The van der Waals surface area contributed by atoms with Crippen LogP contribution in [-0.4, -0.2) is 10.2 Å². The fourth-order valence-corrected chi connectivity index (χ4v) is 2.06. The van der Waals surface area contributed by atoms with Crippen molar-refractivity contribution in [3.8, 4) is 0 Å². The topological polar surface area (TPSA) is 52.1 Å². The number of hydrogen-bond acceptors (Lipinski definition) is 5. The summed E-state index contributed by atoms with van der Waals surface area (Å²) in [6.07, 6.45) is 2.46. The molecule has 1 atom stereocenters. The van der Waals surface area contributed by atoms with Gasteiger partial charge in [-0.15, -0.1) is 22.0 Å². The molecule has 2 aromatic rings. The Morgan fingerprint density at radius 2 is 2.31 bits per heavy atom. The van der Waals surface area contributed by atoms with Crippen molar-refractivity contribution in [2.24, 2.45) is 0 Å². The maximum atomic E-state index is 5.49. The first-order valence-corrected chi connectivity index (χ1v) is 6.30. The van der Waals surface area contributed by atoms with Crippen molar-refractivity contribution in [1.29, 1.82) is 0 Å². The first-order chi connectivity index (χ1) is 7.79. The summed E-state index contributed by atoms with van der Waals surface area (Å²) in [5, 5.41) is 8.16. The first kappa shape index (κ1) is 11.3. The lowest BCUT2D eigenvalue weighted by Gasteiger charge is -2.04. The molecule has 0 saturated heterocycles. The van der Waals surface area contributed by atoms with Crippen LogP contribution in [0.3, 0.4) is 0 Å². The van der Waals surface area contributed by atoms with Gasteiger partial charge in [-0.2, -0.15) is 0 Å². The Balaban J connectivity index is 1.90. The summed E-state index contributed by atoms with van der Waals surface area (Å²) in [5.41, 5.74) is 0. The third kappa shape index (κ3) is 2.66. The minimum Gasteiger partial charge on any atom is -0.468 e. The predicted molar refractivity (Wildman–Crippen MR) is 62.1 cm³/mol. The van der Waals surface area contributed by atoms with Gasteiger partial charge in [0.05, 0.1) is 17.3 Å². The molecule has 0 aromatic carbocycles. The zero-order chi connectivity index (χ0) is 11.4. The van der Waals surface area contributed by atoms with E-state index in [1.807, 2.05) is 19.1 Å². The van der Waals surface area contributed by atoms with E-state index in [1.54, 1.807) is 18.0 Å². The molecule has 5 heteroatoms. The third-order valence-corrected chi connectivity index (χ3v) is 3.34. The van der Waals surface area contributed by atoms with Crippen LogP contribution in [0.5, 0.6) is 0 Å². The summed E-state index contributed by atoms with van der Waals surface area (Å²) >= 11 is 1.72. The highest BCUT2D eigenvalue weighted by atomic mass is 32.2. The van der Waals surface area contributed by atoms with E-state index in [1.165, 1.54) is 0 Å². The van der Waals surface area contributed by atoms with Crippen molar-refractivity contribution in [2.45, 2.75) is 31.3 Å². The minimum absolute atomic E-state index is 0.192. The number of nitrogens with zero attached hydrogens (tertiary/aromatic N) is 2. The molecule has 0 spiro atoms. The largest absolute Gasteiger partial charge is 0.468 e.